The van der Waals surface area contributed by atoms with Gasteiger partial charge in [-0.15, -0.1) is 11.8 Å². The molecule has 0 saturated carbocycles. The lowest BCUT2D eigenvalue weighted by Gasteiger charge is -2.34. The zero-order valence-electron chi connectivity index (χ0n) is 20.2. The van der Waals surface area contributed by atoms with Crippen LogP contribution in [-0.4, -0.2) is 34.0 Å². The molecular weight excluding hydrogens is 440 g/mol. The number of benzene rings is 3. The van der Waals surface area contributed by atoms with Gasteiger partial charge in [0.25, 0.3) is 0 Å². The third-order valence-corrected chi connectivity index (χ3v) is 6.31. The Balaban J connectivity index is 1.84. The lowest BCUT2D eigenvalue weighted by molar-refractivity contribution is -0.141. The topological polar surface area (TPSA) is 49.4 Å². The molecule has 0 bridgehead atoms. The van der Waals surface area contributed by atoms with Gasteiger partial charge in [0.2, 0.25) is 11.8 Å². The maximum atomic E-state index is 13.6. The van der Waals surface area contributed by atoms with Gasteiger partial charge in [-0.1, -0.05) is 78.9 Å². The van der Waals surface area contributed by atoms with Crippen LogP contribution in [-0.2, 0) is 22.6 Å². The molecule has 0 aromatic heterocycles. The number of carbonyl (C=O) groups is 2. The quantitative estimate of drug-likeness (QED) is 0.382. The summed E-state index contributed by atoms with van der Waals surface area (Å²) in [7, 11) is 0. The predicted molar refractivity (Wildman–Crippen MR) is 141 cm³/mol. The highest BCUT2D eigenvalue weighted by Crippen LogP contribution is 2.21. The molecule has 0 fully saturated rings. The van der Waals surface area contributed by atoms with Gasteiger partial charge in [0.1, 0.15) is 6.04 Å². The van der Waals surface area contributed by atoms with E-state index in [4.69, 9.17) is 0 Å². The summed E-state index contributed by atoms with van der Waals surface area (Å²) in [6.45, 7) is 6.28. The second kappa shape index (κ2) is 12.4. The van der Waals surface area contributed by atoms with Crippen LogP contribution in [0.4, 0.5) is 0 Å². The van der Waals surface area contributed by atoms with E-state index >= 15 is 0 Å². The summed E-state index contributed by atoms with van der Waals surface area (Å²) < 4.78 is 0. The van der Waals surface area contributed by atoms with E-state index in [0.29, 0.717) is 25.1 Å². The number of carbonyl (C=O) groups excluding carboxylic acids is 2. The van der Waals surface area contributed by atoms with Crippen molar-refractivity contribution in [1.82, 2.24) is 10.2 Å². The van der Waals surface area contributed by atoms with Crippen LogP contribution in [0.25, 0.3) is 0 Å². The summed E-state index contributed by atoms with van der Waals surface area (Å²) in [4.78, 5) is 30.0. The molecular formula is C29H34N2O2S. The van der Waals surface area contributed by atoms with Crippen molar-refractivity contribution >= 4 is 23.6 Å². The average molecular weight is 475 g/mol. The first-order valence-corrected chi connectivity index (χ1v) is 12.7. The standard InChI is InChI=1S/C29H34N2O2S/c1-29(2,3)30-28(33)26(21-23-13-7-4-8-14-23)31(22-24-15-9-5-10-16-24)27(32)19-20-34-25-17-11-6-12-18-25/h4-18,26H,19-22H2,1-3H3,(H,30,33)/t26-/m0/s1. The molecule has 0 saturated heterocycles. The van der Waals surface area contributed by atoms with Gasteiger partial charge in [0.05, 0.1) is 0 Å². The Labute approximate surface area is 207 Å². The van der Waals surface area contributed by atoms with Gasteiger partial charge in [0, 0.05) is 35.6 Å². The fourth-order valence-electron chi connectivity index (χ4n) is 3.70. The van der Waals surface area contributed by atoms with Gasteiger partial charge in [-0.25, -0.2) is 0 Å². The van der Waals surface area contributed by atoms with Crippen LogP contribution in [0.3, 0.4) is 0 Å². The van der Waals surface area contributed by atoms with Crippen molar-refractivity contribution in [2.45, 2.75) is 56.6 Å². The highest BCUT2D eigenvalue weighted by atomic mass is 32.2. The number of amides is 2. The zero-order chi connectivity index (χ0) is 24.4. The van der Waals surface area contributed by atoms with E-state index in [2.05, 4.69) is 5.32 Å². The second-order valence-electron chi connectivity index (χ2n) is 9.36. The van der Waals surface area contributed by atoms with Crippen LogP contribution in [0, 0.1) is 0 Å². The minimum Gasteiger partial charge on any atom is -0.350 e. The summed E-state index contributed by atoms with van der Waals surface area (Å²) >= 11 is 1.66. The van der Waals surface area contributed by atoms with Crippen molar-refractivity contribution in [1.29, 1.82) is 0 Å². The molecule has 0 aliphatic rings. The molecule has 3 rings (SSSR count). The average Bonchev–Trinajstić information content (AvgIpc) is 2.82. The van der Waals surface area contributed by atoms with E-state index in [1.54, 1.807) is 16.7 Å². The third-order valence-electron chi connectivity index (χ3n) is 5.29. The normalized spacial score (nSPS) is 12.1. The van der Waals surface area contributed by atoms with Crippen LogP contribution in [0.1, 0.15) is 38.3 Å². The fraction of sp³-hybridized carbons (Fsp3) is 0.310. The molecule has 0 unspecified atom stereocenters. The minimum atomic E-state index is -0.601. The van der Waals surface area contributed by atoms with E-state index in [1.807, 2.05) is 112 Å². The Morgan fingerprint density at radius 3 is 1.91 bits per heavy atom. The maximum Gasteiger partial charge on any atom is 0.243 e. The molecule has 5 heteroatoms. The SMILES string of the molecule is CC(C)(C)NC(=O)[C@H](Cc1ccccc1)N(Cc1ccccc1)C(=O)CCSc1ccccc1. The van der Waals surface area contributed by atoms with Crippen molar-refractivity contribution < 1.29 is 9.59 Å². The molecule has 1 atom stereocenters. The molecule has 3 aromatic carbocycles. The molecule has 0 aliphatic heterocycles. The summed E-state index contributed by atoms with van der Waals surface area (Å²) in [5, 5.41) is 3.10. The van der Waals surface area contributed by atoms with Crippen molar-refractivity contribution in [3.8, 4) is 0 Å². The molecule has 0 spiro atoms. The van der Waals surface area contributed by atoms with E-state index in [0.717, 1.165) is 16.0 Å². The lowest BCUT2D eigenvalue weighted by Crippen LogP contribution is -2.54. The Kier molecular flexibility index (Phi) is 9.34. The van der Waals surface area contributed by atoms with Crippen LogP contribution in [0.15, 0.2) is 95.9 Å². The Bertz CT molecular complexity index is 1030. The molecule has 1 N–H and O–H groups in total. The second-order valence-corrected chi connectivity index (χ2v) is 10.5. The highest BCUT2D eigenvalue weighted by molar-refractivity contribution is 7.99. The van der Waals surface area contributed by atoms with E-state index in [1.165, 1.54) is 0 Å². The fourth-order valence-corrected chi connectivity index (χ4v) is 4.57. The number of hydrogen-bond acceptors (Lipinski definition) is 3. The Morgan fingerprint density at radius 2 is 1.35 bits per heavy atom. The molecule has 3 aromatic rings. The van der Waals surface area contributed by atoms with Crippen LogP contribution >= 0.6 is 11.8 Å². The monoisotopic (exact) mass is 474 g/mol. The number of nitrogens with one attached hydrogen (secondary N) is 1. The molecule has 0 heterocycles. The summed E-state index contributed by atoms with van der Waals surface area (Å²) in [6.07, 6.45) is 0.827. The van der Waals surface area contributed by atoms with Crippen molar-refractivity contribution in [2.24, 2.45) is 0 Å². The largest absolute Gasteiger partial charge is 0.350 e. The van der Waals surface area contributed by atoms with Gasteiger partial charge in [-0.05, 0) is 44.0 Å². The summed E-state index contributed by atoms with van der Waals surface area (Å²) in [5.41, 5.74) is 1.64. The smallest absolute Gasteiger partial charge is 0.243 e. The number of rotatable bonds is 10. The first-order chi connectivity index (χ1) is 16.3. The van der Waals surface area contributed by atoms with Crippen LogP contribution in [0.2, 0.25) is 0 Å². The van der Waals surface area contributed by atoms with Crippen LogP contribution < -0.4 is 5.32 Å². The molecule has 2 amide bonds. The number of hydrogen-bond donors (Lipinski definition) is 1. The van der Waals surface area contributed by atoms with Crippen molar-refractivity contribution in [2.75, 3.05) is 5.75 Å². The maximum absolute atomic E-state index is 13.6. The first kappa shape index (κ1) is 25.6. The lowest BCUT2D eigenvalue weighted by atomic mass is 10.0. The Morgan fingerprint density at radius 1 is 0.824 bits per heavy atom. The molecule has 34 heavy (non-hydrogen) atoms. The van der Waals surface area contributed by atoms with E-state index in [-0.39, 0.29) is 11.8 Å². The molecule has 4 nitrogen and oxygen atoms in total. The van der Waals surface area contributed by atoms with E-state index in [9.17, 15) is 9.59 Å². The van der Waals surface area contributed by atoms with Crippen molar-refractivity contribution in [3.63, 3.8) is 0 Å². The molecule has 178 valence electrons. The van der Waals surface area contributed by atoms with Crippen LogP contribution in [0.5, 0.6) is 0 Å². The van der Waals surface area contributed by atoms with Gasteiger partial charge >= 0.3 is 0 Å². The Hall–Kier alpha value is -3.05. The highest BCUT2D eigenvalue weighted by Gasteiger charge is 2.32. The summed E-state index contributed by atoms with van der Waals surface area (Å²) in [6, 6.07) is 29.3. The molecule has 0 aliphatic carbocycles. The zero-order valence-corrected chi connectivity index (χ0v) is 21.1. The van der Waals surface area contributed by atoms with Gasteiger partial charge in [-0.3, -0.25) is 9.59 Å². The summed E-state index contributed by atoms with van der Waals surface area (Å²) in [5.74, 6) is 0.515. The minimum absolute atomic E-state index is 0.0164. The van der Waals surface area contributed by atoms with Crippen molar-refractivity contribution in [3.05, 3.63) is 102 Å². The van der Waals surface area contributed by atoms with E-state index < -0.39 is 11.6 Å². The first-order valence-electron chi connectivity index (χ1n) is 11.7. The number of thioether (sulfide) groups is 1. The van der Waals surface area contributed by atoms with Gasteiger partial charge in [-0.2, -0.15) is 0 Å². The number of nitrogens with zero attached hydrogens (tertiary/aromatic N) is 1. The predicted octanol–water partition coefficient (Wildman–Crippen LogP) is 5.72. The molecule has 0 radical (unpaired) electrons. The van der Waals surface area contributed by atoms with Gasteiger partial charge < -0.3 is 10.2 Å². The van der Waals surface area contributed by atoms with Gasteiger partial charge in [0.15, 0.2) is 0 Å². The third kappa shape index (κ3) is 8.38.